The summed E-state index contributed by atoms with van der Waals surface area (Å²) in [5.41, 5.74) is 0.343. The van der Waals surface area contributed by atoms with Gasteiger partial charge < -0.3 is 15.0 Å². The van der Waals surface area contributed by atoms with Gasteiger partial charge in [0.05, 0.1) is 0 Å². The molecular weight excluding hydrogens is 248 g/mol. The molecule has 3 heteroatoms. The molecule has 0 saturated heterocycles. The van der Waals surface area contributed by atoms with E-state index in [1.54, 1.807) is 7.11 Å². The molecule has 0 aromatic rings. The minimum atomic E-state index is 0.343. The molecular formula is C17H36N2O. The molecule has 1 fully saturated rings. The van der Waals surface area contributed by atoms with Crippen LogP contribution in [0.15, 0.2) is 0 Å². The molecule has 0 aliphatic heterocycles. The molecule has 1 rings (SSSR count). The van der Waals surface area contributed by atoms with Crippen LogP contribution in [0.4, 0.5) is 0 Å². The standard InChI is InChI=1S/C17H36N2O/c1-6-13-18-16(8-7-14-20-5)17(19(3)4)11-9-15(2)10-12-17/h15-16,18H,6-14H2,1-5H3. The van der Waals surface area contributed by atoms with Gasteiger partial charge in [0.15, 0.2) is 0 Å². The zero-order valence-electron chi connectivity index (χ0n) is 14.4. The normalized spacial score (nSPS) is 28.8. The van der Waals surface area contributed by atoms with Crippen LogP contribution in [0.2, 0.25) is 0 Å². The van der Waals surface area contributed by atoms with Crippen molar-refractivity contribution in [2.75, 3.05) is 34.4 Å². The van der Waals surface area contributed by atoms with Crippen LogP contribution in [-0.2, 0) is 4.74 Å². The van der Waals surface area contributed by atoms with Gasteiger partial charge in [0.2, 0.25) is 0 Å². The molecule has 0 aromatic heterocycles. The Balaban J connectivity index is 2.74. The highest BCUT2D eigenvalue weighted by Crippen LogP contribution is 2.39. The number of nitrogens with one attached hydrogen (secondary N) is 1. The van der Waals surface area contributed by atoms with Crippen molar-refractivity contribution in [3.63, 3.8) is 0 Å². The largest absolute Gasteiger partial charge is 0.385 e. The van der Waals surface area contributed by atoms with Gasteiger partial charge >= 0.3 is 0 Å². The second-order valence-electron chi connectivity index (χ2n) is 6.82. The van der Waals surface area contributed by atoms with Crippen molar-refractivity contribution >= 4 is 0 Å². The lowest BCUT2D eigenvalue weighted by Gasteiger charge is -2.50. The van der Waals surface area contributed by atoms with Crippen LogP contribution in [0, 0.1) is 5.92 Å². The number of likely N-dealkylation sites (N-methyl/N-ethyl adjacent to an activating group) is 1. The fourth-order valence-electron chi connectivity index (χ4n) is 3.68. The smallest absolute Gasteiger partial charge is 0.0462 e. The summed E-state index contributed by atoms with van der Waals surface area (Å²) in [6.07, 6.45) is 8.98. The molecule has 0 amide bonds. The van der Waals surface area contributed by atoms with Crippen molar-refractivity contribution in [3.05, 3.63) is 0 Å². The van der Waals surface area contributed by atoms with Crippen LogP contribution >= 0.6 is 0 Å². The van der Waals surface area contributed by atoms with Gasteiger partial charge in [0.25, 0.3) is 0 Å². The third kappa shape index (κ3) is 4.71. The molecule has 0 aromatic carbocycles. The maximum atomic E-state index is 5.25. The Hall–Kier alpha value is -0.120. The first-order chi connectivity index (χ1) is 9.56. The maximum Gasteiger partial charge on any atom is 0.0462 e. The second-order valence-corrected chi connectivity index (χ2v) is 6.82. The summed E-state index contributed by atoms with van der Waals surface area (Å²) in [4.78, 5) is 2.50. The number of hydrogen-bond donors (Lipinski definition) is 1. The molecule has 0 radical (unpaired) electrons. The van der Waals surface area contributed by atoms with Crippen LogP contribution in [0.3, 0.4) is 0 Å². The summed E-state index contributed by atoms with van der Waals surface area (Å²) in [6.45, 7) is 6.66. The van der Waals surface area contributed by atoms with Crippen LogP contribution in [-0.4, -0.2) is 50.8 Å². The van der Waals surface area contributed by atoms with E-state index in [9.17, 15) is 0 Å². The first kappa shape index (κ1) is 17.9. The molecule has 1 N–H and O–H groups in total. The molecule has 1 aliphatic rings. The first-order valence-electron chi connectivity index (χ1n) is 8.46. The Morgan fingerprint density at radius 2 is 1.95 bits per heavy atom. The number of methoxy groups -OCH3 is 1. The minimum absolute atomic E-state index is 0.343. The highest BCUT2D eigenvalue weighted by Gasteiger charge is 2.42. The highest BCUT2D eigenvalue weighted by molar-refractivity contribution is 5.01. The lowest BCUT2D eigenvalue weighted by atomic mass is 9.71. The van der Waals surface area contributed by atoms with Gasteiger partial charge in [-0.15, -0.1) is 0 Å². The quantitative estimate of drug-likeness (QED) is 0.658. The van der Waals surface area contributed by atoms with Gasteiger partial charge in [-0.05, 0) is 71.5 Å². The van der Waals surface area contributed by atoms with E-state index in [-0.39, 0.29) is 0 Å². The number of nitrogens with zero attached hydrogens (tertiary/aromatic N) is 1. The lowest BCUT2D eigenvalue weighted by molar-refractivity contribution is 0.0369. The molecule has 120 valence electrons. The molecule has 1 aliphatic carbocycles. The summed E-state index contributed by atoms with van der Waals surface area (Å²) in [5.74, 6) is 0.897. The van der Waals surface area contributed by atoms with Crippen molar-refractivity contribution in [1.29, 1.82) is 0 Å². The number of hydrogen-bond acceptors (Lipinski definition) is 3. The third-order valence-corrected chi connectivity index (χ3v) is 5.16. The van der Waals surface area contributed by atoms with Crippen molar-refractivity contribution in [1.82, 2.24) is 10.2 Å². The molecule has 1 atom stereocenters. The minimum Gasteiger partial charge on any atom is -0.385 e. The Morgan fingerprint density at radius 3 is 2.45 bits per heavy atom. The topological polar surface area (TPSA) is 24.5 Å². The van der Waals surface area contributed by atoms with E-state index in [2.05, 4.69) is 38.2 Å². The molecule has 0 bridgehead atoms. The Labute approximate surface area is 126 Å². The van der Waals surface area contributed by atoms with Crippen molar-refractivity contribution in [3.8, 4) is 0 Å². The maximum absolute atomic E-state index is 5.25. The predicted octanol–water partition coefficient (Wildman–Crippen LogP) is 3.29. The summed E-state index contributed by atoms with van der Waals surface area (Å²) >= 11 is 0. The molecule has 20 heavy (non-hydrogen) atoms. The van der Waals surface area contributed by atoms with Crippen LogP contribution < -0.4 is 5.32 Å². The average molecular weight is 284 g/mol. The van der Waals surface area contributed by atoms with Gasteiger partial charge in [-0.1, -0.05) is 13.8 Å². The van der Waals surface area contributed by atoms with E-state index in [1.807, 2.05) is 0 Å². The Morgan fingerprint density at radius 1 is 1.30 bits per heavy atom. The fraction of sp³-hybridized carbons (Fsp3) is 1.00. The van der Waals surface area contributed by atoms with E-state index in [0.29, 0.717) is 11.6 Å². The molecule has 0 heterocycles. The van der Waals surface area contributed by atoms with Crippen molar-refractivity contribution < 1.29 is 4.74 Å². The molecule has 1 unspecified atom stereocenters. The van der Waals surface area contributed by atoms with Gasteiger partial charge in [0, 0.05) is 25.3 Å². The Bertz CT molecular complexity index is 247. The van der Waals surface area contributed by atoms with E-state index in [0.717, 1.165) is 25.5 Å². The number of ether oxygens (including phenoxy) is 1. The van der Waals surface area contributed by atoms with Crippen molar-refractivity contribution in [2.45, 2.75) is 70.4 Å². The van der Waals surface area contributed by atoms with Gasteiger partial charge in [-0.3, -0.25) is 0 Å². The lowest BCUT2D eigenvalue weighted by Crippen LogP contribution is -2.60. The summed E-state index contributed by atoms with van der Waals surface area (Å²) in [7, 11) is 6.35. The summed E-state index contributed by atoms with van der Waals surface area (Å²) in [6, 6.07) is 0.597. The highest BCUT2D eigenvalue weighted by atomic mass is 16.5. The van der Waals surface area contributed by atoms with Crippen LogP contribution in [0.25, 0.3) is 0 Å². The average Bonchev–Trinajstić information content (AvgIpc) is 2.44. The van der Waals surface area contributed by atoms with E-state index < -0.39 is 0 Å². The Kier molecular flexibility index (Phi) is 8.08. The number of rotatable bonds is 9. The third-order valence-electron chi connectivity index (χ3n) is 5.16. The van der Waals surface area contributed by atoms with Crippen LogP contribution in [0.1, 0.15) is 58.8 Å². The zero-order chi connectivity index (χ0) is 15.0. The SMILES string of the molecule is CCCNC(CCCOC)C1(N(C)C)CCC(C)CC1. The monoisotopic (exact) mass is 284 g/mol. The van der Waals surface area contributed by atoms with Gasteiger partial charge in [-0.25, -0.2) is 0 Å². The van der Waals surface area contributed by atoms with E-state index in [1.165, 1.54) is 38.5 Å². The zero-order valence-corrected chi connectivity index (χ0v) is 14.4. The molecule has 0 spiro atoms. The second kappa shape index (κ2) is 9.01. The van der Waals surface area contributed by atoms with E-state index >= 15 is 0 Å². The molecule has 1 saturated carbocycles. The van der Waals surface area contributed by atoms with Crippen molar-refractivity contribution in [2.24, 2.45) is 5.92 Å². The molecule has 3 nitrogen and oxygen atoms in total. The summed E-state index contributed by atoms with van der Waals surface area (Å²) in [5, 5.41) is 3.84. The van der Waals surface area contributed by atoms with E-state index in [4.69, 9.17) is 4.74 Å². The van der Waals surface area contributed by atoms with Crippen LogP contribution in [0.5, 0.6) is 0 Å². The van der Waals surface area contributed by atoms with Gasteiger partial charge in [-0.2, -0.15) is 0 Å². The first-order valence-corrected chi connectivity index (χ1v) is 8.46. The van der Waals surface area contributed by atoms with Gasteiger partial charge in [0.1, 0.15) is 0 Å². The summed E-state index contributed by atoms with van der Waals surface area (Å²) < 4.78 is 5.25. The predicted molar refractivity (Wildman–Crippen MR) is 87.2 cm³/mol. The fourth-order valence-corrected chi connectivity index (χ4v) is 3.68.